The number of benzene rings is 4. The second-order valence-electron chi connectivity index (χ2n) is 19.7. The monoisotopic (exact) mass is 985 g/mol. The number of amides is 3. The second kappa shape index (κ2) is 32.5. The molecular weight excluding hydrogens is 904 g/mol. The van der Waals surface area contributed by atoms with Gasteiger partial charge in [-0.05, 0) is 106 Å². The van der Waals surface area contributed by atoms with Crippen molar-refractivity contribution in [3.8, 4) is 0 Å². The number of aliphatic hydroxyl groups is 2. The summed E-state index contributed by atoms with van der Waals surface area (Å²) in [5.41, 5.74) is 9.67. The largest absolute Gasteiger partial charge is 0.444 e. The lowest BCUT2D eigenvalue weighted by atomic mass is 9.95. The zero-order chi connectivity index (χ0) is 50.8. The Kier molecular flexibility index (Phi) is 28.2. The maximum Gasteiger partial charge on any atom is 0.408 e. The van der Waals surface area contributed by atoms with E-state index in [0.717, 1.165) is 36.8 Å². The quantitative estimate of drug-likeness (QED) is 0.0338. The molecule has 0 aliphatic heterocycles. The molecule has 0 aromatic heterocycles. The third kappa shape index (κ3) is 24.9. The van der Waals surface area contributed by atoms with E-state index in [1.807, 2.05) is 137 Å². The first-order chi connectivity index (χ1) is 32.8. The highest BCUT2D eigenvalue weighted by Gasteiger charge is 2.31. The molecule has 0 aliphatic rings. The third-order valence-corrected chi connectivity index (χ3v) is 11.8. The number of aryl methyl sites for hydroxylation is 2. The molecule has 13 heteroatoms. The van der Waals surface area contributed by atoms with Crippen molar-refractivity contribution in [2.75, 3.05) is 0 Å². The SMILES string of the molecule is CC(C)[C@H](N)C(=O)N[C@@H](Cc1ccccc1)[C@@H](O)CCC(=O)CCCc1ccccc1.CC(C)[C@H](NC(=O)OC(C)(C)C)C(=O)N[C@@H](Cc1ccccc1)[C@@H](O)CCC(=O)CCCc1ccccc1.Cl. The molecule has 0 unspecified atom stereocenters. The van der Waals surface area contributed by atoms with Gasteiger partial charge in [0.15, 0.2) is 0 Å². The van der Waals surface area contributed by atoms with Crippen LogP contribution < -0.4 is 21.7 Å². The van der Waals surface area contributed by atoms with Crippen molar-refractivity contribution >= 4 is 41.9 Å². The van der Waals surface area contributed by atoms with Gasteiger partial charge in [-0.15, -0.1) is 12.4 Å². The van der Waals surface area contributed by atoms with Crippen LogP contribution in [0.1, 0.15) is 122 Å². The van der Waals surface area contributed by atoms with Gasteiger partial charge in [-0.1, -0.05) is 149 Å². The predicted molar refractivity (Wildman–Crippen MR) is 281 cm³/mol. The number of nitrogens with one attached hydrogen (secondary N) is 3. The molecule has 0 spiro atoms. The number of nitrogens with two attached hydrogens (primary N) is 1. The lowest BCUT2D eigenvalue weighted by Gasteiger charge is -2.29. The van der Waals surface area contributed by atoms with Gasteiger partial charge < -0.3 is 36.6 Å². The molecule has 4 aromatic rings. The molecule has 384 valence electrons. The Morgan fingerprint density at radius 2 is 0.886 bits per heavy atom. The average molecular weight is 986 g/mol. The van der Waals surface area contributed by atoms with Crippen LogP contribution in [-0.4, -0.2) is 81.7 Å². The third-order valence-electron chi connectivity index (χ3n) is 11.8. The number of hydrogen-bond acceptors (Lipinski definition) is 9. The standard InChI is InChI=1S/C31H44N2O5.C26H36N2O3.ClH/c1-22(2)28(33-30(37)38-31(3,4)5)29(36)32-26(21-24-15-10-7-11-16-24)27(35)20-19-25(34)18-12-17-23-13-8-6-9-14-23;1-19(2)25(27)26(31)28-23(18-21-12-7-4-8-13-21)24(30)17-16-22(29)15-9-14-20-10-5-3-6-11-20;/h6-11,13-16,22,26-28,35H,12,17-21H2,1-5H3,(H,32,36)(H,33,37);3-8,10-13,19,23-25,30H,9,14-18,27H2,1-2H3,(H,28,31);1H/t26-,27-,28-;23-,24-,25-;/m00./s1. The molecule has 0 saturated carbocycles. The van der Waals surface area contributed by atoms with Crippen LogP contribution in [-0.2, 0) is 49.6 Å². The number of carbonyl (C=O) groups is 5. The lowest BCUT2D eigenvalue weighted by Crippen LogP contribution is -2.55. The van der Waals surface area contributed by atoms with E-state index < -0.39 is 54.0 Å². The fourth-order valence-corrected chi connectivity index (χ4v) is 7.67. The van der Waals surface area contributed by atoms with Gasteiger partial charge in [0, 0.05) is 25.7 Å². The number of aliphatic hydroxyl groups excluding tert-OH is 2. The molecule has 0 heterocycles. The van der Waals surface area contributed by atoms with Crippen LogP contribution >= 0.6 is 12.4 Å². The molecule has 70 heavy (non-hydrogen) atoms. The van der Waals surface area contributed by atoms with E-state index in [4.69, 9.17) is 10.5 Å². The molecule has 0 aliphatic carbocycles. The Morgan fingerprint density at radius 3 is 1.23 bits per heavy atom. The first-order valence-corrected chi connectivity index (χ1v) is 24.7. The molecule has 7 N–H and O–H groups in total. The average Bonchev–Trinajstić information content (AvgIpc) is 3.31. The maximum absolute atomic E-state index is 13.2. The van der Waals surface area contributed by atoms with Gasteiger partial charge >= 0.3 is 6.09 Å². The number of Topliss-reactive ketones (excluding diaryl/α,β-unsaturated/α-hetero) is 2. The number of halogens is 1. The van der Waals surface area contributed by atoms with Crippen LogP contribution in [0.4, 0.5) is 4.79 Å². The van der Waals surface area contributed by atoms with Crippen molar-refractivity contribution < 1.29 is 38.9 Å². The molecule has 0 saturated heterocycles. The fraction of sp³-hybridized carbons (Fsp3) is 0.491. The molecule has 4 rings (SSSR count). The Balaban J connectivity index is 0.000000483. The van der Waals surface area contributed by atoms with Gasteiger partial charge in [0.25, 0.3) is 0 Å². The van der Waals surface area contributed by atoms with Crippen LogP contribution in [0.15, 0.2) is 121 Å². The van der Waals surface area contributed by atoms with E-state index >= 15 is 0 Å². The molecular formula is C57H81ClN4O8. The topological polar surface area (TPSA) is 197 Å². The molecule has 0 radical (unpaired) electrons. The van der Waals surface area contributed by atoms with Gasteiger partial charge in [0.2, 0.25) is 11.8 Å². The molecule has 6 atom stereocenters. The fourth-order valence-electron chi connectivity index (χ4n) is 7.67. The zero-order valence-corrected chi connectivity index (χ0v) is 43.3. The Bertz CT molecular complexity index is 2100. The smallest absolute Gasteiger partial charge is 0.408 e. The summed E-state index contributed by atoms with van der Waals surface area (Å²) in [4.78, 5) is 62.9. The van der Waals surface area contributed by atoms with Gasteiger partial charge in [0.1, 0.15) is 23.2 Å². The highest BCUT2D eigenvalue weighted by atomic mass is 35.5. The molecule has 3 amide bonds. The maximum atomic E-state index is 13.2. The van der Waals surface area contributed by atoms with Gasteiger partial charge in [0.05, 0.1) is 30.3 Å². The summed E-state index contributed by atoms with van der Waals surface area (Å²) in [6, 6.07) is 36.8. The molecule has 12 nitrogen and oxygen atoms in total. The van der Waals surface area contributed by atoms with Crippen LogP contribution in [0, 0.1) is 11.8 Å². The number of ketones is 2. The van der Waals surface area contributed by atoms with E-state index in [-0.39, 0.29) is 54.6 Å². The summed E-state index contributed by atoms with van der Waals surface area (Å²) in [5.74, 6) is -0.650. The minimum Gasteiger partial charge on any atom is -0.444 e. The van der Waals surface area contributed by atoms with E-state index in [1.165, 1.54) is 11.1 Å². The van der Waals surface area contributed by atoms with Crippen LogP contribution in [0.25, 0.3) is 0 Å². The molecule has 4 aromatic carbocycles. The van der Waals surface area contributed by atoms with E-state index in [1.54, 1.807) is 20.8 Å². The number of alkyl carbamates (subject to hydrolysis) is 1. The van der Waals surface area contributed by atoms with Crippen LogP contribution in [0.3, 0.4) is 0 Å². The Labute approximate surface area is 423 Å². The summed E-state index contributed by atoms with van der Waals surface area (Å²) in [6.45, 7) is 12.7. The van der Waals surface area contributed by atoms with Crippen molar-refractivity contribution in [3.05, 3.63) is 144 Å². The minimum absolute atomic E-state index is 0. The molecule has 0 fully saturated rings. The number of hydrogen-bond donors (Lipinski definition) is 6. The van der Waals surface area contributed by atoms with Crippen LogP contribution in [0.5, 0.6) is 0 Å². The summed E-state index contributed by atoms with van der Waals surface area (Å²) < 4.78 is 5.33. The Morgan fingerprint density at radius 1 is 0.529 bits per heavy atom. The summed E-state index contributed by atoms with van der Waals surface area (Å²) in [7, 11) is 0. The highest BCUT2D eigenvalue weighted by Crippen LogP contribution is 2.17. The summed E-state index contributed by atoms with van der Waals surface area (Å²) in [5, 5.41) is 30.3. The number of carbonyl (C=O) groups excluding carboxylic acids is 5. The predicted octanol–water partition coefficient (Wildman–Crippen LogP) is 8.85. The second-order valence-corrected chi connectivity index (χ2v) is 19.7. The van der Waals surface area contributed by atoms with Gasteiger partial charge in [-0.25, -0.2) is 4.79 Å². The van der Waals surface area contributed by atoms with Gasteiger partial charge in [-0.2, -0.15) is 0 Å². The lowest BCUT2D eigenvalue weighted by molar-refractivity contribution is -0.126. The number of ether oxygens (including phenoxy) is 1. The summed E-state index contributed by atoms with van der Waals surface area (Å²) >= 11 is 0. The van der Waals surface area contributed by atoms with Crippen molar-refractivity contribution in [1.29, 1.82) is 0 Å². The highest BCUT2D eigenvalue weighted by molar-refractivity contribution is 5.86. The van der Waals surface area contributed by atoms with Crippen molar-refractivity contribution in [3.63, 3.8) is 0 Å². The van der Waals surface area contributed by atoms with Crippen LogP contribution in [0.2, 0.25) is 0 Å². The number of rotatable bonds is 27. The molecule has 0 bridgehead atoms. The minimum atomic E-state index is -0.924. The van der Waals surface area contributed by atoms with E-state index in [9.17, 15) is 34.2 Å². The summed E-state index contributed by atoms with van der Waals surface area (Å²) in [6.07, 6.45) is 3.78. The normalized spacial score (nSPS) is 13.8. The van der Waals surface area contributed by atoms with Crippen molar-refractivity contribution in [1.82, 2.24) is 16.0 Å². The zero-order valence-electron chi connectivity index (χ0n) is 42.5. The van der Waals surface area contributed by atoms with E-state index in [0.29, 0.717) is 38.5 Å². The van der Waals surface area contributed by atoms with Crippen molar-refractivity contribution in [2.45, 2.75) is 167 Å². The first kappa shape index (κ1) is 60.7. The Hall–Kier alpha value is -5.40. The van der Waals surface area contributed by atoms with Gasteiger partial charge in [-0.3, -0.25) is 19.2 Å². The first-order valence-electron chi connectivity index (χ1n) is 24.7. The van der Waals surface area contributed by atoms with Crippen molar-refractivity contribution in [2.24, 2.45) is 17.6 Å². The van der Waals surface area contributed by atoms with E-state index in [2.05, 4.69) is 28.1 Å².